The molecule has 0 spiro atoms. The number of hydrogen-bond donors (Lipinski definition) is 0. The highest BCUT2D eigenvalue weighted by Gasteiger charge is 2.41. The van der Waals surface area contributed by atoms with Gasteiger partial charge in [-0.1, -0.05) is 75.3 Å². The predicted molar refractivity (Wildman–Crippen MR) is 91.5 cm³/mol. The molecule has 4 unspecified atom stereocenters. The van der Waals surface area contributed by atoms with Crippen LogP contribution >= 0.6 is 0 Å². The van der Waals surface area contributed by atoms with Crippen LogP contribution in [0, 0.1) is 17.8 Å². The lowest BCUT2D eigenvalue weighted by Gasteiger charge is -2.26. The third-order valence-electron chi connectivity index (χ3n) is 5.43. The standard InChI is InChI=1S/C21H28/c1-3-9-16-11-5-7-13-18(16)21-15-17-12-6-8-14-19(17)20(21)10-4-2/h5-8,11-14,17,19-21H,3-4,9-10,15H2,1-2H3. The fraction of sp³-hybridized carbons (Fsp3) is 0.524. The first kappa shape index (κ1) is 14.6. The highest BCUT2D eigenvalue weighted by Crippen LogP contribution is 2.51. The van der Waals surface area contributed by atoms with E-state index in [-0.39, 0.29) is 0 Å². The van der Waals surface area contributed by atoms with Crippen LogP contribution in [-0.4, -0.2) is 0 Å². The van der Waals surface area contributed by atoms with Crippen LogP contribution in [-0.2, 0) is 6.42 Å². The Morgan fingerprint density at radius 2 is 1.81 bits per heavy atom. The van der Waals surface area contributed by atoms with Gasteiger partial charge in [-0.2, -0.15) is 0 Å². The van der Waals surface area contributed by atoms with E-state index in [4.69, 9.17) is 0 Å². The summed E-state index contributed by atoms with van der Waals surface area (Å²) >= 11 is 0. The van der Waals surface area contributed by atoms with Crippen molar-refractivity contribution in [1.29, 1.82) is 0 Å². The van der Waals surface area contributed by atoms with Gasteiger partial charge in [-0.3, -0.25) is 0 Å². The summed E-state index contributed by atoms with van der Waals surface area (Å²) in [7, 11) is 0. The fourth-order valence-electron chi connectivity index (χ4n) is 4.58. The summed E-state index contributed by atoms with van der Waals surface area (Å²) in [6.45, 7) is 4.63. The quantitative estimate of drug-likeness (QED) is 0.629. The second kappa shape index (κ2) is 6.64. The Morgan fingerprint density at radius 1 is 1.00 bits per heavy atom. The monoisotopic (exact) mass is 280 g/mol. The number of aryl methyl sites for hydroxylation is 1. The second-order valence-corrected chi connectivity index (χ2v) is 6.75. The topological polar surface area (TPSA) is 0 Å². The van der Waals surface area contributed by atoms with Gasteiger partial charge in [0.15, 0.2) is 0 Å². The van der Waals surface area contributed by atoms with Crippen molar-refractivity contribution in [3.05, 3.63) is 59.7 Å². The summed E-state index contributed by atoms with van der Waals surface area (Å²) in [5.41, 5.74) is 3.24. The molecule has 2 aliphatic rings. The average molecular weight is 280 g/mol. The third kappa shape index (κ3) is 2.86. The summed E-state index contributed by atoms with van der Waals surface area (Å²) in [6, 6.07) is 9.22. The Labute approximate surface area is 130 Å². The van der Waals surface area contributed by atoms with Crippen molar-refractivity contribution in [1.82, 2.24) is 0 Å². The Kier molecular flexibility index (Phi) is 4.63. The van der Waals surface area contributed by atoms with Crippen molar-refractivity contribution < 1.29 is 0 Å². The van der Waals surface area contributed by atoms with Crippen LogP contribution in [0.1, 0.15) is 56.6 Å². The number of rotatable bonds is 5. The molecule has 0 aromatic heterocycles. The summed E-state index contributed by atoms with van der Waals surface area (Å²) in [5.74, 6) is 3.13. The number of hydrogen-bond acceptors (Lipinski definition) is 0. The van der Waals surface area contributed by atoms with Crippen molar-refractivity contribution in [2.24, 2.45) is 17.8 Å². The number of fused-ring (bicyclic) bond motifs is 1. The molecule has 0 aliphatic heterocycles. The van der Waals surface area contributed by atoms with Crippen molar-refractivity contribution in [2.45, 2.75) is 51.9 Å². The normalized spacial score (nSPS) is 30.6. The Hall–Kier alpha value is -1.30. The maximum Gasteiger partial charge on any atom is -0.0119 e. The molecule has 1 aromatic carbocycles. The summed E-state index contributed by atoms with van der Waals surface area (Å²) in [4.78, 5) is 0. The smallest absolute Gasteiger partial charge is 0.0119 e. The van der Waals surface area contributed by atoms with Gasteiger partial charge in [0.1, 0.15) is 0 Å². The van der Waals surface area contributed by atoms with Gasteiger partial charge in [0.05, 0.1) is 0 Å². The van der Waals surface area contributed by atoms with Gasteiger partial charge in [0.25, 0.3) is 0 Å². The second-order valence-electron chi connectivity index (χ2n) is 6.75. The molecule has 0 nitrogen and oxygen atoms in total. The van der Waals surface area contributed by atoms with E-state index >= 15 is 0 Å². The van der Waals surface area contributed by atoms with Crippen LogP contribution in [0.5, 0.6) is 0 Å². The first-order valence-electron chi connectivity index (χ1n) is 8.78. The lowest BCUT2D eigenvalue weighted by molar-refractivity contribution is 0.366. The first-order valence-corrected chi connectivity index (χ1v) is 8.78. The molecule has 0 amide bonds. The molecule has 21 heavy (non-hydrogen) atoms. The minimum absolute atomic E-state index is 0.759. The van der Waals surface area contributed by atoms with Crippen molar-refractivity contribution in [3.8, 4) is 0 Å². The van der Waals surface area contributed by atoms with E-state index < -0.39 is 0 Å². The van der Waals surface area contributed by atoms with E-state index in [1.54, 1.807) is 11.1 Å². The maximum absolute atomic E-state index is 2.48. The summed E-state index contributed by atoms with van der Waals surface area (Å²) < 4.78 is 0. The van der Waals surface area contributed by atoms with Crippen LogP contribution in [0.25, 0.3) is 0 Å². The molecular formula is C21H28. The fourth-order valence-corrected chi connectivity index (χ4v) is 4.58. The minimum Gasteiger partial charge on any atom is -0.0808 e. The molecule has 112 valence electrons. The molecule has 0 heteroatoms. The summed E-state index contributed by atoms with van der Waals surface area (Å²) in [6.07, 6.45) is 15.9. The van der Waals surface area contributed by atoms with Gasteiger partial charge in [-0.05, 0) is 54.1 Å². The lowest BCUT2D eigenvalue weighted by atomic mass is 9.78. The van der Waals surface area contributed by atoms with Crippen LogP contribution in [0.2, 0.25) is 0 Å². The molecule has 4 atom stereocenters. The van der Waals surface area contributed by atoms with Gasteiger partial charge in [-0.15, -0.1) is 0 Å². The van der Waals surface area contributed by atoms with Gasteiger partial charge in [-0.25, -0.2) is 0 Å². The Bertz CT molecular complexity index is 523. The van der Waals surface area contributed by atoms with E-state index in [2.05, 4.69) is 62.4 Å². The van der Waals surface area contributed by atoms with Crippen LogP contribution in [0.3, 0.4) is 0 Å². The Morgan fingerprint density at radius 3 is 2.62 bits per heavy atom. The molecule has 2 aliphatic carbocycles. The Balaban J connectivity index is 1.93. The van der Waals surface area contributed by atoms with Crippen LogP contribution in [0.15, 0.2) is 48.6 Å². The zero-order chi connectivity index (χ0) is 14.7. The van der Waals surface area contributed by atoms with Crippen molar-refractivity contribution in [3.63, 3.8) is 0 Å². The SMILES string of the molecule is CCCc1ccccc1C1CC2C=CC=CC2C1CCC. The largest absolute Gasteiger partial charge is 0.0808 e. The number of allylic oxidation sites excluding steroid dienone is 4. The first-order chi connectivity index (χ1) is 10.3. The van der Waals surface area contributed by atoms with Gasteiger partial charge in [0, 0.05) is 0 Å². The minimum atomic E-state index is 0.759. The average Bonchev–Trinajstić information content (AvgIpc) is 2.88. The van der Waals surface area contributed by atoms with Gasteiger partial charge < -0.3 is 0 Å². The van der Waals surface area contributed by atoms with E-state index in [0.717, 1.165) is 23.7 Å². The van der Waals surface area contributed by atoms with E-state index in [1.807, 2.05) is 0 Å². The van der Waals surface area contributed by atoms with E-state index in [0.29, 0.717) is 0 Å². The zero-order valence-corrected chi connectivity index (χ0v) is 13.5. The molecule has 0 N–H and O–H groups in total. The van der Waals surface area contributed by atoms with Crippen LogP contribution < -0.4 is 0 Å². The predicted octanol–water partition coefficient (Wildman–Crippen LogP) is 5.90. The molecule has 1 saturated carbocycles. The maximum atomic E-state index is 2.48. The van der Waals surface area contributed by atoms with E-state index in [9.17, 15) is 0 Å². The van der Waals surface area contributed by atoms with Crippen molar-refractivity contribution in [2.75, 3.05) is 0 Å². The van der Waals surface area contributed by atoms with Gasteiger partial charge in [0.2, 0.25) is 0 Å². The zero-order valence-electron chi connectivity index (χ0n) is 13.5. The lowest BCUT2D eigenvalue weighted by Crippen LogP contribution is -2.16. The molecule has 0 radical (unpaired) electrons. The molecule has 0 saturated heterocycles. The summed E-state index contributed by atoms with van der Waals surface area (Å²) in [5, 5.41) is 0. The molecule has 1 fully saturated rings. The highest BCUT2D eigenvalue weighted by atomic mass is 14.5. The number of benzene rings is 1. The van der Waals surface area contributed by atoms with Crippen molar-refractivity contribution >= 4 is 0 Å². The molecule has 0 heterocycles. The molecule has 1 aromatic rings. The highest BCUT2D eigenvalue weighted by molar-refractivity contribution is 5.34. The molecule has 0 bridgehead atoms. The van der Waals surface area contributed by atoms with Crippen LogP contribution in [0.4, 0.5) is 0 Å². The van der Waals surface area contributed by atoms with E-state index in [1.165, 1.54) is 32.1 Å². The van der Waals surface area contributed by atoms with Gasteiger partial charge >= 0.3 is 0 Å². The molecule has 3 rings (SSSR count). The molecular weight excluding hydrogens is 252 g/mol. The third-order valence-corrected chi connectivity index (χ3v) is 5.43.